The van der Waals surface area contributed by atoms with E-state index in [0.717, 1.165) is 19.6 Å². The van der Waals surface area contributed by atoms with Gasteiger partial charge in [0.1, 0.15) is 0 Å². The molecular weight excluding hydrogens is 128 g/mol. The van der Waals surface area contributed by atoms with E-state index in [1.165, 1.54) is 0 Å². The van der Waals surface area contributed by atoms with Gasteiger partial charge in [-0.3, -0.25) is 4.79 Å². The zero-order valence-electron chi connectivity index (χ0n) is 6.13. The van der Waals surface area contributed by atoms with Crippen molar-refractivity contribution in [2.45, 2.75) is 0 Å². The summed E-state index contributed by atoms with van der Waals surface area (Å²) in [5, 5.41) is 3.23. The van der Waals surface area contributed by atoms with Crippen LogP contribution in [-0.4, -0.2) is 37.5 Å². The van der Waals surface area contributed by atoms with Gasteiger partial charge in [-0.2, -0.15) is 0 Å². The molecule has 0 radical (unpaired) electrons. The number of rotatable bonds is 0. The van der Waals surface area contributed by atoms with Crippen LogP contribution in [0.3, 0.4) is 0 Å². The molecule has 56 valence electrons. The molecule has 0 aromatic carbocycles. The molecule has 0 aromatic rings. The van der Waals surface area contributed by atoms with Crippen LogP contribution in [0.1, 0.15) is 0 Å². The molecule has 0 aliphatic carbocycles. The van der Waals surface area contributed by atoms with Gasteiger partial charge in [-0.1, -0.05) is 0 Å². The molecule has 10 heavy (non-hydrogen) atoms. The van der Waals surface area contributed by atoms with Crippen LogP contribution in [0.4, 0.5) is 0 Å². The fraction of sp³-hybridized carbons (Fsp3) is 0.857. The highest BCUT2D eigenvalue weighted by atomic mass is 16.2. The Morgan fingerprint density at radius 3 is 3.10 bits per heavy atom. The minimum atomic E-state index is 0.296. The van der Waals surface area contributed by atoms with Crippen LogP contribution in [0.25, 0.3) is 0 Å². The lowest BCUT2D eigenvalue weighted by Gasteiger charge is -2.08. The molecule has 2 rings (SSSR count). The summed E-state index contributed by atoms with van der Waals surface area (Å²) in [6.45, 7) is 2.88. The second-order valence-electron chi connectivity index (χ2n) is 3.24. The Balaban J connectivity index is 2.17. The molecule has 2 heterocycles. The summed E-state index contributed by atoms with van der Waals surface area (Å²) in [5.41, 5.74) is 0. The minimum Gasteiger partial charge on any atom is -0.345 e. The summed E-state index contributed by atoms with van der Waals surface area (Å²) in [6, 6.07) is 0. The maximum absolute atomic E-state index is 11.3. The van der Waals surface area contributed by atoms with E-state index >= 15 is 0 Å². The van der Waals surface area contributed by atoms with Crippen molar-refractivity contribution in [3.63, 3.8) is 0 Å². The van der Waals surface area contributed by atoms with Crippen LogP contribution < -0.4 is 5.32 Å². The zero-order valence-corrected chi connectivity index (χ0v) is 6.13. The van der Waals surface area contributed by atoms with Gasteiger partial charge >= 0.3 is 0 Å². The maximum Gasteiger partial charge on any atom is 0.227 e. The number of nitrogens with one attached hydrogen (secondary N) is 1. The van der Waals surface area contributed by atoms with Gasteiger partial charge in [-0.05, 0) is 0 Å². The van der Waals surface area contributed by atoms with Gasteiger partial charge in [-0.25, -0.2) is 0 Å². The van der Waals surface area contributed by atoms with Gasteiger partial charge < -0.3 is 10.2 Å². The highest BCUT2D eigenvalue weighted by Gasteiger charge is 2.41. The number of hydrogen-bond donors (Lipinski definition) is 1. The molecule has 1 unspecified atom stereocenters. The van der Waals surface area contributed by atoms with E-state index < -0.39 is 0 Å². The SMILES string of the molecule is CN1C[C@H]2CNCC2C1=O. The van der Waals surface area contributed by atoms with Crippen molar-refractivity contribution in [3.05, 3.63) is 0 Å². The Hall–Kier alpha value is -0.570. The average Bonchev–Trinajstić information content (AvgIpc) is 2.41. The van der Waals surface area contributed by atoms with Crippen LogP contribution >= 0.6 is 0 Å². The van der Waals surface area contributed by atoms with E-state index in [4.69, 9.17) is 0 Å². The third kappa shape index (κ3) is 0.669. The predicted molar refractivity (Wildman–Crippen MR) is 37.5 cm³/mol. The van der Waals surface area contributed by atoms with Crippen molar-refractivity contribution in [1.29, 1.82) is 0 Å². The molecule has 2 atom stereocenters. The number of likely N-dealkylation sites (tertiary alicyclic amines) is 1. The lowest BCUT2D eigenvalue weighted by molar-refractivity contribution is -0.129. The Bertz CT molecular complexity index is 169. The summed E-state index contributed by atoms with van der Waals surface area (Å²) in [4.78, 5) is 13.1. The number of nitrogens with zero attached hydrogens (tertiary/aromatic N) is 1. The van der Waals surface area contributed by atoms with E-state index in [1.807, 2.05) is 11.9 Å². The quantitative estimate of drug-likeness (QED) is 0.482. The molecule has 2 fully saturated rings. The normalized spacial score (nSPS) is 38.9. The third-order valence-electron chi connectivity index (χ3n) is 2.54. The average molecular weight is 140 g/mol. The van der Waals surface area contributed by atoms with Crippen molar-refractivity contribution < 1.29 is 4.79 Å². The Kier molecular flexibility index (Phi) is 1.20. The Morgan fingerprint density at radius 1 is 1.60 bits per heavy atom. The first kappa shape index (κ1) is 6.16. The summed E-state index contributed by atoms with van der Waals surface area (Å²) in [7, 11) is 1.89. The van der Waals surface area contributed by atoms with Crippen LogP contribution in [0.2, 0.25) is 0 Å². The van der Waals surface area contributed by atoms with Gasteiger partial charge in [0.05, 0.1) is 5.92 Å². The molecule has 2 saturated heterocycles. The molecule has 0 bridgehead atoms. The molecule has 1 amide bonds. The molecule has 3 nitrogen and oxygen atoms in total. The lowest BCUT2D eigenvalue weighted by Crippen LogP contribution is -2.27. The van der Waals surface area contributed by atoms with Gasteiger partial charge in [0.25, 0.3) is 0 Å². The highest BCUT2D eigenvalue weighted by Crippen LogP contribution is 2.25. The van der Waals surface area contributed by atoms with Crippen molar-refractivity contribution in [1.82, 2.24) is 10.2 Å². The van der Waals surface area contributed by atoms with Crippen LogP contribution in [0, 0.1) is 11.8 Å². The van der Waals surface area contributed by atoms with Gasteiger partial charge in [0, 0.05) is 32.6 Å². The fourth-order valence-corrected chi connectivity index (χ4v) is 1.94. The number of carbonyl (C=O) groups is 1. The molecule has 3 heteroatoms. The van der Waals surface area contributed by atoms with Gasteiger partial charge in [0.15, 0.2) is 0 Å². The number of fused-ring (bicyclic) bond motifs is 1. The second-order valence-corrected chi connectivity index (χ2v) is 3.24. The number of carbonyl (C=O) groups excluding carboxylic acids is 1. The van der Waals surface area contributed by atoms with Crippen molar-refractivity contribution >= 4 is 5.91 Å². The molecule has 1 N–H and O–H groups in total. The van der Waals surface area contributed by atoms with E-state index in [-0.39, 0.29) is 0 Å². The van der Waals surface area contributed by atoms with E-state index in [2.05, 4.69) is 5.32 Å². The molecular formula is C7H12N2O. The fourth-order valence-electron chi connectivity index (χ4n) is 1.94. The summed E-state index contributed by atoms with van der Waals surface area (Å²) in [6.07, 6.45) is 0. The zero-order chi connectivity index (χ0) is 7.14. The number of amides is 1. The van der Waals surface area contributed by atoms with E-state index in [0.29, 0.717) is 17.7 Å². The summed E-state index contributed by atoms with van der Waals surface area (Å²) < 4.78 is 0. The topological polar surface area (TPSA) is 32.3 Å². The van der Waals surface area contributed by atoms with Crippen LogP contribution in [-0.2, 0) is 4.79 Å². The van der Waals surface area contributed by atoms with Crippen LogP contribution in [0.5, 0.6) is 0 Å². The van der Waals surface area contributed by atoms with E-state index in [1.54, 1.807) is 0 Å². The van der Waals surface area contributed by atoms with Gasteiger partial charge in [-0.15, -0.1) is 0 Å². The highest BCUT2D eigenvalue weighted by molar-refractivity contribution is 5.81. The Morgan fingerprint density at radius 2 is 2.40 bits per heavy atom. The molecule has 0 spiro atoms. The summed E-state index contributed by atoms with van der Waals surface area (Å²) in [5.74, 6) is 1.22. The standard InChI is InChI=1S/C7H12N2O/c1-9-4-5-2-8-3-6(5)7(9)10/h5-6,8H,2-4H2,1H3/t5-,6?/m1/s1. The summed E-state index contributed by atoms with van der Waals surface area (Å²) >= 11 is 0. The van der Waals surface area contributed by atoms with Crippen molar-refractivity contribution in [3.8, 4) is 0 Å². The number of hydrogen-bond acceptors (Lipinski definition) is 2. The molecule has 2 aliphatic heterocycles. The van der Waals surface area contributed by atoms with Gasteiger partial charge in [0.2, 0.25) is 5.91 Å². The maximum atomic E-state index is 11.3. The van der Waals surface area contributed by atoms with Crippen LogP contribution in [0.15, 0.2) is 0 Å². The van der Waals surface area contributed by atoms with E-state index in [9.17, 15) is 4.79 Å². The first-order chi connectivity index (χ1) is 4.79. The van der Waals surface area contributed by atoms with Crippen molar-refractivity contribution in [2.75, 3.05) is 26.7 Å². The minimum absolute atomic E-state index is 0.296. The molecule has 0 saturated carbocycles. The van der Waals surface area contributed by atoms with Crippen molar-refractivity contribution in [2.24, 2.45) is 11.8 Å². The smallest absolute Gasteiger partial charge is 0.227 e. The first-order valence-corrected chi connectivity index (χ1v) is 3.75. The second kappa shape index (κ2) is 1.95. The monoisotopic (exact) mass is 140 g/mol. The first-order valence-electron chi connectivity index (χ1n) is 3.75. The molecule has 2 aliphatic rings. The third-order valence-corrected chi connectivity index (χ3v) is 2.54. The predicted octanol–water partition coefficient (Wildman–Crippen LogP) is -0.706. The molecule has 0 aromatic heterocycles. The largest absolute Gasteiger partial charge is 0.345 e. The Labute approximate surface area is 60.4 Å². The lowest BCUT2D eigenvalue weighted by atomic mass is 10.0.